The summed E-state index contributed by atoms with van der Waals surface area (Å²) >= 11 is 0. The number of likely N-dealkylation sites (N-methyl/N-ethyl adjacent to an activating group) is 1. The second-order valence-electron chi connectivity index (χ2n) is 3.77. The van der Waals surface area contributed by atoms with Crippen LogP contribution in [0.15, 0.2) is 18.5 Å². The smallest absolute Gasteiger partial charge is 0.223 e. The summed E-state index contributed by atoms with van der Waals surface area (Å²) < 4.78 is 1.80. The quantitative estimate of drug-likeness (QED) is 0.748. The van der Waals surface area contributed by atoms with Crippen molar-refractivity contribution in [3.05, 3.63) is 18.5 Å². The van der Waals surface area contributed by atoms with Crippen molar-refractivity contribution in [2.45, 2.75) is 25.9 Å². The van der Waals surface area contributed by atoms with Gasteiger partial charge in [-0.2, -0.15) is 5.10 Å². The molecule has 1 aromatic heterocycles. The Morgan fingerprint density at radius 3 is 2.93 bits per heavy atom. The van der Waals surface area contributed by atoms with Crippen molar-refractivity contribution in [1.82, 2.24) is 14.7 Å². The Morgan fingerprint density at radius 2 is 2.40 bits per heavy atom. The number of rotatable bonds is 5. The number of nitrogens with two attached hydrogens (primary N) is 1. The highest BCUT2D eigenvalue weighted by molar-refractivity contribution is 5.76. The summed E-state index contributed by atoms with van der Waals surface area (Å²) in [6, 6.07) is 1.79. The molecule has 1 rings (SSSR count). The lowest BCUT2D eigenvalue weighted by molar-refractivity contribution is -0.130. The Morgan fingerprint density at radius 1 is 1.67 bits per heavy atom. The topological polar surface area (TPSA) is 64.2 Å². The Kier molecular flexibility index (Phi) is 4.30. The molecule has 0 spiro atoms. The van der Waals surface area contributed by atoms with Crippen LogP contribution < -0.4 is 5.73 Å². The van der Waals surface area contributed by atoms with E-state index in [0.717, 1.165) is 0 Å². The molecule has 0 aliphatic carbocycles. The van der Waals surface area contributed by atoms with Crippen molar-refractivity contribution in [2.75, 3.05) is 13.6 Å². The fourth-order valence-corrected chi connectivity index (χ4v) is 1.24. The minimum atomic E-state index is -0.0790. The first-order valence-corrected chi connectivity index (χ1v) is 5.06. The molecule has 1 amide bonds. The largest absolute Gasteiger partial charge is 0.344 e. The summed E-state index contributed by atoms with van der Waals surface area (Å²) in [7, 11) is 1.79. The van der Waals surface area contributed by atoms with E-state index < -0.39 is 0 Å². The molecule has 1 heterocycles. The predicted octanol–water partition coefficient (Wildman–Crippen LogP) is 0.0788. The van der Waals surface area contributed by atoms with Gasteiger partial charge < -0.3 is 10.6 Å². The molecule has 5 heteroatoms. The summed E-state index contributed by atoms with van der Waals surface area (Å²) in [5.74, 6) is 0.0807. The fraction of sp³-hybridized carbons (Fsp3) is 0.600. The van der Waals surface area contributed by atoms with Gasteiger partial charge in [-0.3, -0.25) is 9.48 Å². The van der Waals surface area contributed by atoms with E-state index in [1.54, 1.807) is 22.8 Å². The lowest BCUT2D eigenvalue weighted by atomic mass is 10.2. The molecule has 0 saturated heterocycles. The highest BCUT2D eigenvalue weighted by atomic mass is 16.2. The van der Waals surface area contributed by atoms with Crippen LogP contribution in [-0.2, 0) is 11.3 Å². The predicted molar refractivity (Wildman–Crippen MR) is 58.1 cm³/mol. The van der Waals surface area contributed by atoms with E-state index in [0.29, 0.717) is 19.5 Å². The molecule has 1 unspecified atom stereocenters. The van der Waals surface area contributed by atoms with Gasteiger partial charge in [-0.1, -0.05) is 0 Å². The third-order valence-corrected chi connectivity index (χ3v) is 2.15. The number of carbonyl (C=O) groups is 1. The maximum atomic E-state index is 11.5. The SMILES string of the molecule is CC(N)CC(=O)N(C)CCn1cccn1. The third kappa shape index (κ3) is 4.12. The summed E-state index contributed by atoms with van der Waals surface area (Å²) in [6.07, 6.45) is 4.00. The molecule has 0 fully saturated rings. The van der Waals surface area contributed by atoms with Crippen LogP contribution in [0.25, 0.3) is 0 Å². The average molecular weight is 210 g/mol. The zero-order valence-electron chi connectivity index (χ0n) is 9.26. The first-order chi connectivity index (χ1) is 7.09. The molecule has 0 aromatic carbocycles. The van der Waals surface area contributed by atoms with E-state index in [1.807, 2.05) is 19.2 Å². The number of hydrogen-bond acceptors (Lipinski definition) is 3. The van der Waals surface area contributed by atoms with E-state index in [1.165, 1.54) is 0 Å². The maximum Gasteiger partial charge on any atom is 0.223 e. The summed E-state index contributed by atoms with van der Waals surface area (Å²) in [5.41, 5.74) is 5.56. The Bertz CT molecular complexity index is 294. The summed E-state index contributed by atoms with van der Waals surface area (Å²) in [5, 5.41) is 4.06. The molecule has 5 nitrogen and oxygen atoms in total. The van der Waals surface area contributed by atoms with Gasteiger partial charge in [0.05, 0.1) is 6.54 Å². The summed E-state index contributed by atoms with van der Waals surface area (Å²) in [6.45, 7) is 3.21. The molecule has 0 saturated carbocycles. The second kappa shape index (κ2) is 5.50. The number of nitrogens with zero attached hydrogens (tertiary/aromatic N) is 3. The molecular formula is C10H18N4O. The highest BCUT2D eigenvalue weighted by Crippen LogP contribution is 1.95. The van der Waals surface area contributed by atoms with Crippen LogP contribution in [0.3, 0.4) is 0 Å². The van der Waals surface area contributed by atoms with Gasteiger partial charge in [0, 0.05) is 38.4 Å². The van der Waals surface area contributed by atoms with Crippen molar-refractivity contribution in [2.24, 2.45) is 5.73 Å². The van der Waals surface area contributed by atoms with Gasteiger partial charge >= 0.3 is 0 Å². The van der Waals surface area contributed by atoms with Crippen molar-refractivity contribution >= 4 is 5.91 Å². The third-order valence-electron chi connectivity index (χ3n) is 2.15. The van der Waals surface area contributed by atoms with Crippen molar-refractivity contribution < 1.29 is 4.79 Å². The van der Waals surface area contributed by atoms with Gasteiger partial charge in [0.15, 0.2) is 0 Å². The zero-order chi connectivity index (χ0) is 11.3. The minimum Gasteiger partial charge on any atom is -0.344 e. The monoisotopic (exact) mass is 210 g/mol. The van der Waals surface area contributed by atoms with Gasteiger partial charge in [0.1, 0.15) is 0 Å². The van der Waals surface area contributed by atoms with E-state index in [4.69, 9.17) is 5.73 Å². The average Bonchev–Trinajstić information content (AvgIpc) is 2.65. The molecule has 0 aliphatic heterocycles. The fourth-order valence-electron chi connectivity index (χ4n) is 1.24. The second-order valence-corrected chi connectivity index (χ2v) is 3.77. The van der Waals surface area contributed by atoms with Crippen LogP contribution in [0.4, 0.5) is 0 Å². The lowest BCUT2D eigenvalue weighted by Crippen LogP contribution is -2.34. The molecular weight excluding hydrogens is 192 g/mol. The number of amides is 1. The van der Waals surface area contributed by atoms with Crippen LogP contribution >= 0.6 is 0 Å². The number of carbonyl (C=O) groups excluding carboxylic acids is 1. The highest BCUT2D eigenvalue weighted by Gasteiger charge is 2.10. The first-order valence-electron chi connectivity index (χ1n) is 5.06. The van der Waals surface area contributed by atoms with Crippen LogP contribution in [0.1, 0.15) is 13.3 Å². The van der Waals surface area contributed by atoms with E-state index in [-0.39, 0.29) is 11.9 Å². The minimum absolute atomic E-state index is 0.0790. The van der Waals surface area contributed by atoms with Gasteiger partial charge in [-0.25, -0.2) is 0 Å². The molecule has 1 aromatic rings. The molecule has 0 bridgehead atoms. The van der Waals surface area contributed by atoms with Crippen LogP contribution in [0.5, 0.6) is 0 Å². The Hall–Kier alpha value is -1.36. The van der Waals surface area contributed by atoms with Gasteiger partial charge in [0.2, 0.25) is 5.91 Å². The van der Waals surface area contributed by atoms with Crippen LogP contribution in [0, 0.1) is 0 Å². The Balaban J connectivity index is 2.29. The number of hydrogen-bond donors (Lipinski definition) is 1. The maximum absolute atomic E-state index is 11.5. The lowest BCUT2D eigenvalue weighted by Gasteiger charge is -2.18. The summed E-state index contributed by atoms with van der Waals surface area (Å²) in [4.78, 5) is 13.2. The molecule has 84 valence electrons. The van der Waals surface area contributed by atoms with Crippen molar-refractivity contribution in [3.63, 3.8) is 0 Å². The molecule has 0 aliphatic rings. The zero-order valence-corrected chi connectivity index (χ0v) is 9.26. The molecule has 1 atom stereocenters. The standard InChI is InChI=1S/C10H18N4O/c1-9(11)8-10(15)13(2)6-7-14-5-3-4-12-14/h3-5,9H,6-8,11H2,1-2H3. The normalized spacial score (nSPS) is 12.5. The number of aromatic nitrogens is 2. The Labute approximate surface area is 89.9 Å². The van der Waals surface area contributed by atoms with Crippen LogP contribution in [-0.4, -0.2) is 40.2 Å². The first kappa shape index (κ1) is 11.7. The van der Waals surface area contributed by atoms with E-state index in [2.05, 4.69) is 5.10 Å². The molecule has 15 heavy (non-hydrogen) atoms. The molecule has 0 radical (unpaired) electrons. The van der Waals surface area contributed by atoms with E-state index in [9.17, 15) is 4.79 Å². The molecule has 2 N–H and O–H groups in total. The van der Waals surface area contributed by atoms with Gasteiger partial charge in [-0.15, -0.1) is 0 Å². The van der Waals surface area contributed by atoms with Gasteiger partial charge in [0.25, 0.3) is 0 Å². The van der Waals surface area contributed by atoms with Crippen molar-refractivity contribution in [1.29, 1.82) is 0 Å². The van der Waals surface area contributed by atoms with E-state index >= 15 is 0 Å². The van der Waals surface area contributed by atoms with Crippen molar-refractivity contribution in [3.8, 4) is 0 Å². The van der Waals surface area contributed by atoms with Gasteiger partial charge in [-0.05, 0) is 13.0 Å². The van der Waals surface area contributed by atoms with Crippen LogP contribution in [0.2, 0.25) is 0 Å².